The molecular weight excluding hydrogens is 418 g/mol. The number of halogens is 1. The van der Waals surface area contributed by atoms with E-state index >= 15 is 0 Å². The Bertz CT molecular complexity index is 1040. The number of aryl methyl sites for hydroxylation is 1. The summed E-state index contributed by atoms with van der Waals surface area (Å²) in [6.45, 7) is 5.85. The zero-order valence-electron chi connectivity index (χ0n) is 17.9. The van der Waals surface area contributed by atoms with E-state index in [1.807, 2.05) is 26.0 Å². The second kappa shape index (κ2) is 8.00. The first kappa shape index (κ1) is 21.4. The van der Waals surface area contributed by atoms with Crippen molar-refractivity contribution in [3.63, 3.8) is 0 Å². The molecule has 0 bridgehead atoms. The van der Waals surface area contributed by atoms with Gasteiger partial charge in [0.1, 0.15) is 5.54 Å². The highest BCUT2D eigenvalue weighted by Gasteiger charge is 2.52. The van der Waals surface area contributed by atoms with Crippen molar-refractivity contribution in [3.05, 3.63) is 46.2 Å². The van der Waals surface area contributed by atoms with Crippen LogP contribution in [0.2, 0.25) is 5.02 Å². The number of carbonyl (C=O) groups is 3. The molecule has 1 aromatic carbocycles. The van der Waals surface area contributed by atoms with Crippen molar-refractivity contribution >= 4 is 29.4 Å². The van der Waals surface area contributed by atoms with Gasteiger partial charge in [-0.15, -0.1) is 0 Å². The van der Waals surface area contributed by atoms with Gasteiger partial charge in [0, 0.05) is 16.3 Å². The number of imide groups is 1. The highest BCUT2D eigenvalue weighted by Crippen LogP contribution is 2.35. The topological polar surface area (TPSA) is 96.3 Å². The molecule has 2 aliphatic rings. The van der Waals surface area contributed by atoms with Crippen LogP contribution in [0, 0.1) is 19.8 Å². The van der Waals surface area contributed by atoms with Gasteiger partial charge in [-0.2, -0.15) is 10.1 Å². The van der Waals surface area contributed by atoms with Gasteiger partial charge in [0.25, 0.3) is 5.91 Å². The van der Waals surface area contributed by atoms with Crippen LogP contribution in [-0.4, -0.2) is 38.2 Å². The Morgan fingerprint density at radius 3 is 2.52 bits per heavy atom. The van der Waals surface area contributed by atoms with Crippen LogP contribution in [-0.2, 0) is 16.0 Å². The molecule has 2 heterocycles. The van der Waals surface area contributed by atoms with Gasteiger partial charge >= 0.3 is 6.03 Å². The van der Waals surface area contributed by atoms with E-state index in [1.54, 1.807) is 16.8 Å². The lowest BCUT2D eigenvalue weighted by Crippen LogP contribution is -2.51. The van der Waals surface area contributed by atoms with E-state index in [1.165, 1.54) is 0 Å². The Morgan fingerprint density at radius 2 is 1.87 bits per heavy atom. The van der Waals surface area contributed by atoms with Crippen LogP contribution in [0.25, 0.3) is 5.69 Å². The molecule has 1 aliphatic carbocycles. The molecule has 1 spiro atoms. The van der Waals surface area contributed by atoms with Crippen LogP contribution in [0.15, 0.2) is 24.3 Å². The third kappa shape index (κ3) is 3.92. The zero-order chi connectivity index (χ0) is 22.3. The standard InChI is InChI=1S/C22H26ClN5O3/c1-13-8-10-22(11-9-13)20(30)28(21(31)24-22)26-19(29)12-18-14(2)25-27(15(18)3)17-6-4-16(23)5-7-17/h4-7,13H,8-12H2,1-3H3,(H,24,31)(H,26,29). The third-order valence-corrected chi connectivity index (χ3v) is 6.63. The number of aromatic nitrogens is 2. The summed E-state index contributed by atoms with van der Waals surface area (Å²) < 4.78 is 1.75. The lowest BCUT2D eigenvalue weighted by molar-refractivity contribution is -0.139. The molecule has 0 unspecified atom stereocenters. The lowest BCUT2D eigenvalue weighted by atomic mass is 9.77. The van der Waals surface area contributed by atoms with Crippen LogP contribution >= 0.6 is 11.6 Å². The van der Waals surface area contributed by atoms with Crippen LogP contribution in [0.3, 0.4) is 0 Å². The van der Waals surface area contributed by atoms with E-state index in [0.717, 1.165) is 34.8 Å². The number of hydrogen-bond donors (Lipinski definition) is 2. The lowest BCUT2D eigenvalue weighted by Gasteiger charge is -2.33. The van der Waals surface area contributed by atoms with E-state index in [4.69, 9.17) is 11.6 Å². The molecule has 1 saturated carbocycles. The fourth-order valence-corrected chi connectivity index (χ4v) is 4.53. The molecule has 0 atom stereocenters. The number of benzene rings is 1. The molecular formula is C22H26ClN5O3. The van der Waals surface area contributed by atoms with Crippen molar-refractivity contribution in [3.8, 4) is 5.69 Å². The van der Waals surface area contributed by atoms with Crippen molar-refractivity contribution in [1.29, 1.82) is 0 Å². The zero-order valence-corrected chi connectivity index (χ0v) is 18.6. The Balaban J connectivity index is 1.47. The van der Waals surface area contributed by atoms with Crippen molar-refractivity contribution in [1.82, 2.24) is 25.5 Å². The highest BCUT2D eigenvalue weighted by molar-refractivity contribution is 6.30. The Labute approximate surface area is 185 Å². The number of nitrogens with zero attached hydrogens (tertiary/aromatic N) is 3. The van der Waals surface area contributed by atoms with E-state index in [9.17, 15) is 14.4 Å². The number of hydrazine groups is 1. The minimum absolute atomic E-state index is 0.00630. The van der Waals surface area contributed by atoms with Crippen LogP contribution < -0.4 is 10.7 Å². The van der Waals surface area contributed by atoms with E-state index in [0.29, 0.717) is 29.5 Å². The van der Waals surface area contributed by atoms with Gasteiger partial charge in [0.05, 0.1) is 17.8 Å². The molecule has 4 amide bonds. The number of hydrogen-bond acceptors (Lipinski definition) is 4. The smallest absolute Gasteiger partial charge is 0.322 e. The van der Waals surface area contributed by atoms with Gasteiger partial charge in [-0.05, 0) is 69.7 Å². The first-order chi connectivity index (χ1) is 14.7. The largest absolute Gasteiger partial charge is 0.344 e. The molecule has 164 valence electrons. The maximum absolute atomic E-state index is 12.9. The number of rotatable bonds is 4. The summed E-state index contributed by atoms with van der Waals surface area (Å²) in [5.74, 6) is -0.281. The van der Waals surface area contributed by atoms with Gasteiger partial charge in [0.2, 0.25) is 5.91 Å². The van der Waals surface area contributed by atoms with Crippen molar-refractivity contribution in [2.45, 2.75) is 58.4 Å². The van der Waals surface area contributed by atoms with E-state index in [-0.39, 0.29) is 12.3 Å². The van der Waals surface area contributed by atoms with E-state index in [2.05, 4.69) is 22.8 Å². The minimum Gasteiger partial charge on any atom is -0.322 e. The van der Waals surface area contributed by atoms with Crippen LogP contribution in [0.5, 0.6) is 0 Å². The summed E-state index contributed by atoms with van der Waals surface area (Å²) in [5, 5.41) is 8.81. The van der Waals surface area contributed by atoms with Gasteiger partial charge in [-0.1, -0.05) is 18.5 Å². The normalized spacial score (nSPS) is 23.4. The molecule has 9 heteroatoms. The van der Waals surface area contributed by atoms with Gasteiger partial charge in [-0.3, -0.25) is 15.0 Å². The van der Waals surface area contributed by atoms with Crippen molar-refractivity contribution in [2.75, 3.05) is 0 Å². The van der Waals surface area contributed by atoms with E-state index < -0.39 is 17.5 Å². The molecule has 1 saturated heterocycles. The third-order valence-electron chi connectivity index (χ3n) is 6.38. The predicted molar refractivity (Wildman–Crippen MR) is 116 cm³/mol. The number of urea groups is 1. The quantitative estimate of drug-likeness (QED) is 0.709. The minimum atomic E-state index is -0.887. The summed E-state index contributed by atoms with van der Waals surface area (Å²) in [4.78, 5) is 38.1. The first-order valence-electron chi connectivity index (χ1n) is 10.5. The number of nitrogens with one attached hydrogen (secondary N) is 2. The van der Waals surface area contributed by atoms with Crippen LogP contribution in [0.1, 0.15) is 49.6 Å². The average molecular weight is 444 g/mol. The molecule has 2 fully saturated rings. The van der Waals surface area contributed by atoms with Gasteiger partial charge in [0.15, 0.2) is 0 Å². The van der Waals surface area contributed by atoms with Crippen LogP contribution in [0.4, 0.5) is 4.79 Å². The molecule has 2 aromatic rings. The monoisotopic (exact) mass is 443 g/mol. The van der Waals surface area contributed by atoms with Gasteiger partial charge in [-0.25, -0.2) is 9.48 Å². The Hall–Kier alpha value is -2.87. The Kier molecular flexibility index (Phi) is 5.51. The summed E-state index contributed by atoms with van der Waals surface area (Å²) in [6, 6.07) is 6.68. The summed E-state index contributed by atoms with van der Waals surface area (Å²) >= 11 is 5.96. The highest BCUT2D eigenvalue weighted by atomic mass is 35.5. The van der Waals surface area contributed by atoms with Crippen molar-refractivity contribution in [2.24, 2.45) is 5.92 Å². The van der Waals surface area contributed by atoms with Gasteiger partial charge < -0.3 is 5.32 Å². The second-order valence-electron chi connectivity index (χ2n) is 8.58. The fourth-order valence-electron chi connectivity index (χ4n) is 4.40. The molecule has 2 N–H and O–H groups in total. The summed E-state index contributed by atoms with van der Waals surface area (Å²) in [5.41, 5.74) is 4.71. The summed E-state index contributed by atoms with van der Waals surface area (Å²) in [6.07, 6.45) is 2.94. The molecule has 8 nitrogen and oxygen atoms in total. The average Bonchev–Trinajstić information content (AvgIpc) is 3.13. The fraction of sp³-hybridized carbons (Fsp3) is 0.455. The van der Waals surface area contributed by atoms with Crippen molar-refractivity contribution < 1.29 is 14.4 Å². The molecule has 1 aromatic heterocycles. The number of carbonyl (C=O) groups excluding carboxylic acids is 3. The molecule has 31 heavy (non-hydrogen) atoms. The molecule has 1 aliphatic heterocycles. The summed E-state index contributed by atoms with van der Waals surface area (Å²) in [7, 11) is 0. The SMILES string of the molecule is Cc1nn(-c2ccc(Cl)cc2)c(C)c1CC(=O)NN1C(=O)NC2(CCC(C)CC2)C1=O. The molecule has 4 rings (SSSR count). The second-order valence-corrected chi connectivity index (χ2v) is 9.02. The predicted octanol–water partition coefficient (Wildman–Crippen LogP) is 3.22. The number of amides is 4. The maximum atomic E-state index is 12.9. The first-order valence-corrected chi connectivity index (χ1v) is 10.9. The Morgan fingerprint density at radius 1 is 1.23 bits per heavy atom. The maximum Gasteiger partial charge on any atom is 0.344 e. The molecule has 0 radical (unpaired) electrons.